The summed E-state index contributed by atoms with van der Waals surface area (Å²) < 4.78 is 24.3. The first-order chi connectivity index (χ1) is 9.13. The summed E-state index contributed by atoms with van der Waals surface area (Å²) in [6.45, 7) is 4.44. The molecular weight excluding hydrogens is 313 g/mol. The number of nitrogens with zero attached hydrogens (tertiary/aromatic N) is 1. The van der Waals surface area contributed by atoms with Crippen molar-refractivity contribution >= 4 is 15.9 Å². The smallest absolute Gasteiger partial charge is 0.165 e. The summed E-state index contributed by atoms with van der Waals surface area (Å²) in [6.07, 6.45) is 0.208. The fraction of sp³-hybridized carbons (Fsp3) is 0.571. The predicted molar refractivity (Wildman–Crippen MR) is 76.4 cm³/mol. The first-order valence-corrected chi connectivity index (χ1v) is 7.50. The molecule has 1 aliphatic heterocycles. The Morgan fingerprint density at radius 3 is 2.95 bits per heavy atom. The number of hydrogen-bond acceptors (Lipinski definition) is 3. The van der Waals surface area contributed by atoms with E-state index in [4.69, 9.17) is 9.47 Å². The fourth-order valence-electron chi connectivity index (χ4n) is 2.23. The summed E-state index contributed by atoms with van der Waals surface area (Å²) in [6, 6.07) is 5.48. The summed E-state index contributed by atoms with van der Waals surface area (Å²) in [5, 5.41) is 0.827. The molecule has 0 aliphatic carbocycles. The Bertz CT molecular complexity index is 430. The second-order valence-corrected chi connectivity index (χ2v) is 5.50. The molecule has 1 aromatic carbocycles. The highest BCUT2D eigenvalue weighted by Crippen LogP contribution is 2.21. The fourth-order valence-corrected chi connectivity index (χ4v) is 2.62. The number of rotatable bonds is 4. The first kappa shape index (κ1) is 14.8. The van der Waals surface area contributed by atoms with E-state index in [1.54, 1.807) is 12.1 Å². The monoisotopic (exact) mass is 331 g/mol. The van der Waals surface area contributed by atoms with E-state index in [0.717, 1.165) is 30.6 Å². The second kappa shape index (κ2) is 6.68. The zero-order chi connectivity index (χ0) is 13.8. The van der Waals surface area contributed by atoms with Crippen LogP contribution >= 0.6 is 15.9 Å². The Hall–Kier alpha value is -0.650. The van der Waals surface area contributed by atoms with Crippen LogP contribution in [0, 0.1) is 5.82 Å². The summed E-state index contributed by atoms with van der Waals surface area (Å²) in [7, 11) is 1.47. The van der Waals surface area contributed by atoms with E-state index in [1.165, 1.54) is 7.11 Å². The van der Waals surface area contributed by atoms with E-state index in [-0.39, 0.29) is 17.7 Å². The topological polar surface area (TPSA) is 21.7 Å². The lowest BCUT2D eigenvalue weighted by molar-refractivity contribution is -0.0500. The molecule has 2 rings (SSSR count). The maximum atomic E-state index is 13.7. The minimum absolute atomic E-state index is 0.208. The van der Waals surface area contributed by atoms with Crippen molar-refractivity contribution in [2.24, 2.45) is 0 Å². The third-order valence-corrected chi connectivity index (χ3v) is 4.13. The van der Waals surface area contributed by atoms with E-state index in [2.05, 4.69) is 27.8 Å². The molecule has 1 saturated heterocycles. The van der Waals surface area contributed by atoms with Gasteiger partial charge in [0.05, 0.1) is 19.8 Å². The van der Waals surface area contributed by atoms with Crippen molar-refractivity contribution in [2.75, 3.05) is 25.6 Å². The zero-order valence-corrected chi connectivity index (χ0v) is 12.8. The van der Waals surface area contributed by atoms with Gasteiger partial charge in [-0.3, -0.25) is 4.90 Å². The SMILES string of the molecule is COc1ccc(CN2CC(CBr)OCC2C)cc1F. The minimum Gasteiger partial charge on any atom is -0.494 e. The van der Waals surface area contributed by atoms with Gasteiger partial charge in [0, 0.05) is 24.5 Å². The van der Waals surface area contributed by atoms with Gasteiger partial charge in [0.25, 0.3) is 0 Å². The van der Waals surface area contributed by atoms with Crippen LogP contribution in [0.2, 0.25) is 0 Å². The van der Waals surface area contributed by atoms with Gasteiger partial charge in [-0.05, 0) is 24.6 Å². The second-order valence-electron chi connectivity index (χ2n) is 4.86. The number of benzene rings is 1. The average Bonchev–Trinajstić information content (AvgIpc) is 2.41. The quantitative estimate of drug-likeness (QED) is 0.792. The van der Waals surface area contributed by atoms with E-state index in [0.29, 0.717) is 6.04 Å². The highest BCUT2D eigenvalue weighted by molar-refractivity contribution is 9.09. The van der Waals surface area contributed by atoms with Crippen LogP contribution in [0.4, 0.5) is 4.39 Å². The van der Waals surface area contributed by atoms with Crippen molar-refractivity contribution in [1.29, 1.82) is 0 Å². The molecule has 0 radical (unpaired) electrons. The minimum atomic E-state index is -0.307. The molecule has 1 aromatic rings. The third-order valence-electron chi connectivity index (χ3n) is 3.41. The molecular formula is C14H19BrFNO2. The van der Waals surface area contributed by atoms with Crippen molar-refractivity contribution in [2.45, 2.75) is 25.6 Å². The number of morpholine rings is 1. The van der Waals surface area contributed by atoms with E-state index in [1.807, 2.05) is 6.07 Å². The maximum Gasteiger partial charge on any atom is 0.165 e. The molecule has 0 spiro atoms. The van der Waals surface area contributed by atoms with E-state index < -0.39 is 0 Å². The molecule has 0 saturated carbocycles. The van der Waals surface area contributed by atoms with Crippen LogP contribution in [0.15, 0.2) is 18.2 Å². The predicted octanol–water partition coefficient (Wildman–Crippen LogP) is 2.82. The Labute approximate surface area is 121 Å². The molecule has 0 aromatic heterocycles. The summed E-state index contributed by atoms with van der Waals surface area (Å²) in [5.74, 6) is -0.0185. The van der Waals surface area contributed by atoms with Crippen molar-refractivity contribution in [3.8, 4) is 5.75 Å². The van der Waals surface area contributed by atoms with Crippen LogP contribution in [0.25, 0.3) is 0 Å². The van der Waals surface area contributed by atoms with Crippen LogP contribution in [-0.4, -0.2) is 42.6 Å². The molecule has 1 heterocycles. The standard InChI is InChI=1S/C14H19BrFNO2/c1-10-9-19-12(6-15)8-17(10)7-11-3-4-14(18-2)13(16)5-11/h3-5,10,12H,6-9H2,1-2H3. The Balaban J connectivity index is 2.05. The average molecular weight is 332 g/mol. The van der Waals surface area contributed by atoms with Crippen molar-refractivity contribution in [1.82, 2.24) is 4.90 Å². The normalized spacial score (nSPS) is 24.4. The molecule has 5 heteroatoms. The summed E-state index contributed by atoms with van der Waals surface area (Å²) in [5.41, 5.74) is 0.959. The third kappa shape index (κ3) is 3.68. The van der Waals surface area contributed by atoms with E-state index in [9.17, 15) is 4.39 Å². The van der Waals surface area contributed by atoms with Crippen LogP contribution in [-0.2, 0) is 11.3 Å². The molecule has 1 fully saturated rings. The number of methoxy groups -OCH3 is 1. The number of alkyl halides is 1. The van der Waals surface area contributed by atoms with Crippen LogP contribution in [0.3, 0.4) is 0 Å². The van der Waals surface area contributed by atoms with Gasteiger partial charge in [-0.15, -0.1) is 0 Å². The van der Waals surface area contributed by atoms with Crippen molar-refractivity contribution in [3.63, 3.8) is 0 Å². The summed E-state index contributed by atoms with van der Waals surface area (Å²) >= 11 is 3.45. The van der Waals surface area contributed by atoms with Crippen molar-refractivity contribution in [3.05, 3.63) is 29.6 Å². The largest absolute Gasteiger partial charge is 0.494 e. The van der Waals surface area contributed by atoms with Crippen LogP contribution < -0.4 is 4.74 Å². The van der Waals surface area contributed by atoms with Gasteiger partial charge in [0.2, 0.25) is 0 Å². The zero-order valence-electron chi connectivity index (χ0n) is 11.2. The van der Waals surface area contributed by atoms with Gasteiger partial charge in [0.15, 0.2) is 11.6 Å². The number of hydrogen-bond donors (Lipinski definition) is 0. The van der Waals surface area contributed by atoms with Gasteiger partial charge in [-0.2, -0.15) is 0 Å². The Morgan fingerprint density at radius 1 is 1.53 bits per heavy atom. The van der Waals surface area contributed by atoms with E-state index >= 15 is 0 Å². The van der Waals surface area contributed by atoms with Crippen molar-refractivity contribution < 1.29 is 13.9 Å². The molecule has 0 bridgehead atoms. The number of ether oxygens (including phenoxy) is 2. The highest BCUT2D eigenvalue weighted by Gasteiger charge is 2.25. The first-order valence-electron chi connectivity index (χ1n) is 6.38. The van der Waals surface area contributed by atoms with Gasteiger partial charge in [-0.1, -0.05) is 22.0 Å². The number of halogens is 2. The molecule has 0 amide bonds. The van der Waals surface area contributed by atoms with Gasteiger partial charge < -0.3 is 9.47 Å². The molecule has 3 nitrogen and oxygen atoms in total. The Morgan fingerprint density at radius 2 is 2.32 bits per heavy atom. The molecule has 2 unspecified atom stereocenters. The lowest BCUT2D eigenvalue weighted by Gasteiger charge is -2.37. The molecule has 1 aliphatic rings. The van der Waals surface area contributed by atoms with Gasteiger partial charge >= 0.3 is 0 Å². The highest BCUT2D eigenvalue weighted by atomic mass is 79.9. The molecule has 0 N–H and O–H groups in total. The lowest BCUT2D eigenvalue weighted by atomic mass is 10.1. The van der Waals surface area contributed by atoms with Crippen LogP contribution in [0.5, 0.6) is 5.75 Å². The van der Waals surface area contributed by atoms with Gasteiger partial charge in [0.1, 0.15) is 0 Å². The molecule has 19 heavy (non-hydrogen) atoms. The Kier molecular flexibility index (Phi) is 5.19. The van der Waals surface area contributed by atoms with Crippen LogP contribution in [0.1, 0.15) is 12.5 Å². The van der Waals surface area contributed by atoms with Gasteiger partial charge in [-0.25, -0.2) is 4.39 Å². The maximum absolute atomic E-state index is 13.7. The lowest BCUT2D eigenvalue weighted by Crippen LogP contribution is -2.48. The summed E-state index contributed by atoms with van der Waals surface area (Å²) in [4.78, 5) is 2.32. The molecule has 2 atom stereocenters. The molecule has 106 valence electrons.